The van der Waals surface area contributed by atoms with Crippen molar-refractivity contribution in [2.45, 2.75) is 32.5 Å². The van der Waals surface area contributed by atoms with E-state index in [4.69, 9.17) is 14.6 Å². The molecule has 0 aliphatic heterocycles. The predicted molar refractivity (Wildman–Crippen MR) is 87.8 cm³/mol. The number of rotatable bonds is 11. The molecule has 0 unspecified atom stereocenters. The minimum absolute atomic E-state index is 0.0411. The van der Waals surface area contributed by atoms with Crippen molar-refractivity contribution in [2.24, 2.45) is 11.8 Å². The van der Waals surface area contributed by atoms with E-state index >= 15 is 0 Å². The molecule has 0 amide bonds. The molecule has 0 fully saturated rings. The fourth-order valence-electron chi connectivity index (χ4n) is 2.24. The van der Waals surface area contributed by atoms with Gasteiger partial charge in [-0.2, -0.15) is 0 Å². The number of hydrogen-bond acceptors (Lipinski definition) is 4. The van der Waals surface area contributed by atoms with Gasteiger partial charge in [0.25, 0.3) is 0 Å². The fourth-order valence-corrected chi connectivity index (χ4v) is 2.24. The smallest absolute Gasteiger partial charge is 0.118 e. The molecule has 0 aliphatic carbocycles. The van der Waals surface area contributed by atoms with Crippen LogP contribution in [0.15, 0.2) is 36.9 Å². The Balaban J connectivity index is 2.31. The Labute approximate surface area is 133 Å². The zero-order valence-corrected chi connectivity index (χ0v) is 13.6. The number of benzene rings is 1. The molecule has 0 aromatic heterocycles. The molecule has 1 aromatic carbocycles. The highest BCUT2D eigenvalue weighted by molar-refractivity contribution is 5.26. The lowest BCUT2D eigenvalue weighted by Crippen LogP contribution is -2.25. The molecule has 4 nitrogen and oxygen atoms in total. The van der Waals surface area contributed by atoms with Crippen LogP contribution in [0.25, 0.3) is 0 Å². The monoisotopic (exact) mass is 308 g/mol. The van der Waals surface area contributed by atoms with E-state index in [-0.39, 0.29) is 18.4 Å². The lowest BCUT2D eigenvalue weighted by molar-refractivity contribution is 0.0193. The largest absolute Gasteiger partial charge is 0.497 e. The molecular weight excluding hydrogens is 280 g/mol. The number of allylic oxidation sites excluding steroid dienone is 1. The maximum absolute atomic E-state index is 10.2. The van der Waals surface area contributed by atoms with Crippen molar-refractivity contribution in [1.29, 1.82) is 0 Å². The van der Waals surface area contributed by atoms with Crippen LogP contribution in [0.4, 0.5) is 0 Å². The second-order valence-electron chi connectivity index (χ2n) is 5.65. The van der Waals surface area contributed by atoms with Crippen LogP contribution in [-0.4, -0.2) is 36.6 Å². The average molecular weight is 308 g/mol. The first kappa shape index (κ1) is 18.7. The number of methoxy groups -OCH3 is 1. The van der Waals surface area contributed by atoms with E-state index in [1.54, 1.807) is 13.2 Å². The Morgan fingerprint density at radius 1 is 1.27 bits per heavy atom. The van der Waals surface area contributed by atoms with Crippen LogP contribution in [0.5, 0.6) is 5.75 Å². The molecule has 0 bridgehead atoms. The third-order valence-corrected chi connectivity index (χ3v) is 3.84. The molecule has 3 atom stereocenters. The summed E-state index contributed by atoms with van der Waals surface area (Å²) < 4.78 is 10.8. The predicted octanol–water partition coefficient (Wildman–Crippen LogP) is 2.78. The van der Waals surface area contributed by atoms with E-state index in [1.165, 1.54) is 0 Å². The second-order valence-corrected chi connectivity index (χ2v) is 5.65. The van der Waals surface area contributed by atoms with Crippen molar-refractivity contribution in [3.63, 3.8) is 0 Å². The number of aliphatic hydroxyl groups excluding tert-OH is 2. The van der Waals surface area contributed by atoms with Crippen molar-refractivity contribution >= 4 is 0 Å². The third kappa shape index (κ3) is 6.60. The lowest BCUT2D eigenvalue weighted by Gasteiger charge is -2.22. The first-order valence-corrected chi connectivity index (χ1v) is 7.72. The minimum atomic E-state index is -0.453. The van der Waals surface area contributed by atoms with Crippen LogP contribution in [-0.2, 0) is 11.3 Å². The summed E-state index contributed by atoms with van der Waals surface area (Å²) in [5.41, 5.74) is 1.08. The minimum Gasteiger partial charge on any atom is -0.497 e. The molecule has 2 N–H and O–H groups in total. The van der Waals surface area contributed by atoms with Crippen molar-refractivity contribution in [1.82, 2.24) is 0 Å². The first-order chi connectivity index (χ1) is 10.6. The normalized spacial score (nSPS) is 15.1. The van der Waals surface area contributed by atoms with Crippen LogP contribution in [0.3, 0.4) is 0 Å². The lowest BCUT2D eigenvalue weighted by atomic mass is 9.92. The van der Waals surface area contributed by atoms with Gasteiger partial charge in [0.15, 0.2) is 0 Å². The van der Waals surface area contributed by atoms with E-state index in [0.29, 0.717) is 26.1 Å². The Hall–Kier alpha value is -1.36. The van der Waals surface area contributed by atoms with Gasteiger partial charge in [-0.05, 0) is 36.5 Å². The molecule has 0 saturated heterocycles. The zero-order chi connectivity index (χ0) is 16.4. The maximum atomic E-state index is 10.2. The van der Waals surface area contributed by atoms with Crippen LogP contribution < -0.4 is 4.74 Å². The van der Waals surface area contributed by atoms with E-state index in [2.05, 4.69) is 6.58 Å². The van der Waals surface area contributed by atoms with E-state index in [0.717, 1.165) is 11.3 Å². The van der Waals surface area contributed by atoms with Gasteiger partial charge >= 0.3 is 0 Å². The summed E-state index contributed by atoms with van der Waals surface area (Å²) in [4.78, 5) is 0. The van der Waals surface area contributed by atoms with Gasteiger partial charge < -0.3 is 19.7 Å². The van der Waals surface area contributed by atoms with E-state index < -0.39 is 6.10 Å². The average Bonchev–Trinajstić information content (AvgIpc) is 2.54. The van der Waals surface area contributed by atoms with Gasteiger partial charge in [-0.1, -0.05) is 25.1 Å². The summed E-state index contributed by atoms with van der Waals surface area (Å²) in [5.74, 6) is 1.01. The van der Waals surface area contributed by atoms with Gasteiger partial charge in [0.2, 0.25) is 0 Å². The second kappa shape index (κ2) is 10.4. The van der Waals surface area contributed by atoms with Gasteiger partial charge in [-0.3, -0.25) is 0 Å². The van der Waals surface area contributed by atoms with Gasteiger partial charge in [-0.25, -0.2) is 0 Å². The quantitative estimate of drug-likeness (QED) is 0.617. The topological polar surface area (TPSA) is 58.9 Å². The standard InChI is InChI=1S/C18H28O4/c1-4-15(9-10-19)11-18(20)14(2)12-22-13-16-5-7-17(21-3)8-6-16/h4-8,14-15,18-20H,1,9-13H2,2-3H3/t14-,15+,18-/m1/s1. The fraction of sp³-hybridized carbons (Fsp3) is 0.556. The summed E-state index contributed by atoms with van der Waals surface area (Å²) in [7, 11) is 1.64. The number of aliphatic hydroxyl groups is 2. The SMILES string of the molecule is C=C[C@@H](CCO)C[C@@H](O)[C@H](C)COCc1ccc(OC)cc1. The van der Waals surface area contributed by atoms with Crippen LogP contribution in [0.1, 0.15) is 25.3 Å². The molecule has 0 heterocycles. The van der Waals surface area contributed by atoms with E-state index in [9.17, 15) is 5.11 Å². The zero-order valence-electron chi connectivity index (χ0n) is 13.6. The van der Waals surface area contributed by atoms with E-state index in [1.807, 2.05) is 31.2 Å². The Bertz CT molecular complexity index is 416. The third-order valence-electron chi connectivity index (χ3n) is 3.84. The molecule has 4 heteroatoms. The van der Waals surface area contributed by atoms with Crippen LogP contribution >= 0.6 is 0 Å². The molecule has 0 saturated carbocycles. The van der Waals surface area contributed by atoms with Crippen molar-refractivity contribution < 1.29 is 19.7 Å². The maximum Gasteiger partial charge on any atom is 0.118 e. The molecule has 1 aromatic rings. The Morgan fingerprint density at radius 2 is 1.95 bits per heavy atom. The summed E-state index contributed by atoms with van der Waals surface area (Å²) in [6.45, 7) is 6.84. The molecular formula is C18H28O4. The molecule has 0 radical (unpaired) electrons. The van der Waals surface area contributed by atoms with Crippen LogP contribution in [0.2, 0.25) is 0 Å². The summed E-state index contributed by atoms with van der Waals surface area (Å²) in [5, 5.41) is 19.1. The van der Waals surface area contributed by atoms with Crippen molar-refractivity contribution in [3.8, 4) is 5.75 Å². The van der Waals surface area contributed by atoms with Gasteiger partial charge in [0.1, 0.15) is 5.75 Å². The Kier molecular flexibility index (Phi) is 8.82. The molecule has 22 heavy (non-hydrogen) atoms. The van der Waals surface area contributed by atoms with Crippen LogP contribution in [0, 0.1) is 11.8 Å². The number of ether oxygens (including phenoxy) is 2. The highest BCUT2D eigenvalue weighted by Gasteiger charge is 2.18. The summed E-state index contributed by atoms with van der Waals surface area (Å²) in [6.07, 6.45) is 2.59. The highest BCUT2D eigenvalue weighted by atomic mass is 16.5. The molecule has 124 valence electrons. The summed E-state index contributed by atoms with van der Waals surface area (Å²) in [6, 6.07) is 7.74. The van der Waals surface area contributed by atoms with Gasteiger partial charge in [0, 0.05) is 12.5 Å². The molecule has 0 aliphatic rings. The first-order valence-electron chi connectivity index (χ1n) is 7.72. The number of hydrogen-bond donors (Lipinski definition) is 2. The molecule has 1 rings (SSSR count). The summed E-state index contributed by atoms with van der Waals surface area (Å²) >= 11 is 0. The highest BCUT2D eigenvalue weighted by Crippen LogP contribution is 2.18. The van der Waals surface area contributed by atoms with Gasteiger partial charge in [-0.15, -0.1) is 6.58 Å². The van der Waals surface area contributed by atoms with Crippen molar-refractivity contribution in [3.05, 3.63) is 42.5 Å². The Morgan fingerprint density at radius 3 is 2.50 bits per heavy atom. The van der Waals surface area contributed by atoms with Crippen molar-refractivity contribution in [2.75, 3.05) is 20.3 Å². The van der Waals surface area contributed by atoms with Gasteiger partial charge in [0.05, 0.1) is 26.4 Å². The molecule has 0 spiro atoms.